The largest absolute Gasteiger partial charge is 0.296 e. The Morgan fingerprint density at radius 2 is 1.92 bits per heavy atom. The van der Waals surface area contributed by atoms with E-state index in [4.69, 9.17) is 0 Å². The molecule has 1 aliphatic rings. The number of hydrogen-bond acceptors (Lipinski definition) is 2. The summed E-state index contributed by atoms with van der Waals surface area (Å²) in [6, 6.07) is 9.50. The highest BCUT2D eigenvalue weighted by Crippen LogP contribution is 2.08. The van der Waals surface area contributed by atoms with Gasteiger partial charge in [0, 0.05) is 5.56 Å². The molecule has 1 saturated heterocycles. The van der Waals surface area contributed by atoms with Crippen molar-refractivity contribution in [3.63, 3.8) is 0 Å². The lowest BCUT2D eigenvalue weighted by Gasteiger charge is -2.29. The summed E-state index contributed by atoms with van der Waals surface area (Å²) >= 11 is 0. The molecule has 0 spiro atoms. The third kappa shape index (κ3) is 1.95. The van der Waals surface area contributed by atoms with Crippen LogP contribution in [0.15, 0.2) is 30.3 Å². The molecule has 1 aromatic carbocycles. The van der Waals surface area contributed by atoms with E-state index in [0.29, 0.717) is 6.54 Å². The molecule has 2 heteroatoms. The Hall–Kier alpha value is -1.15. The molecular formula is C11H13NO. The van der Waals surface area contributed by atoms with Gasteiger partial charge < -0.3 is 0 Å². The van der Waals surface area contributed by atoms with Crippen LogP contribution in [0.2, 0.25) is 0 Å². The van der Waals surface area contributed by atoms with E-state index in [-0.39, 0.29) is 5.78 Å². The molecule has 1 aromatic rings. The first kappa shape index (κ1) is 8.45. The van der Waals surface area contributed by atoms with Gasteiger partial charge in [-0.05, 0) is 19.5 Å². The van der Waals surface area contributed by atoms with Crippen molar-refractivity contribution in [2.75, 3.05) is 19.6 Å². The molecule has 0 bridgehead atoms. The lowest BCUT2D eigenvalue weighted by atomic mass is 10.1. The molecular weight excluding hydrogens is 162 g/mol. The van der Waals surface area contributed by atoms with Crippen molar-refractivity contribution in [3.05, 3.63) is 35.9 Å². The number of nitrogens with zero attached hydrogens (tertiary/aromatic N) is 1. The molecule has 0 saturated carbocycles. The second-order valence-corrected chi connectivity index (χ2v) is 3.42. The van der Waals surface area contributed by atoms with Crippen molar-refractivity contribution < 1.29 is 4.79 Å². The van der Waals surface area contributed by atoms with Crippen molar-refractivity contribution in [1.82, 2.24) is 4.90 Å². The minimum Gasteiger partial charge on any atom is -0.296 e. The summed E-state index contributed by atoms with van der Waals surface area (Å²) in [4.78, 5) is 13.8. The van der Waals surface area contributed by atoms with Crippen LogP contribution < -0.4 is 0 Å². The topological polar surface area (TPSA) is 20.3 Å². The SMILES string of the molecule is O=C(CN1CCC1)c1ccccc1. The fourth-order valence-electron chi connectivity index (χ4n) is 1.46. The van der Waals surface area contributed by atoms with Crippen molar-refractivity contribution in [2.24, 2.45) is 0 Å². The van der Waals surface area contributed by atoms with Gasteiger partial charge in [0.1, 0.15) is 0 Å². The zero-order valence-corrected chi connectivity index (χ0v) is 7.57. The van der Waals surface area contributed by atoms with E-state index in [0.717, 1.165) is 18.7 Å². The molecule has 0 amide bonds. The van der Waals surface area contributed by atoms with Crippen molar-refractivity contribution >= 4 is 5.78 Å². The maximum atomic E-state index is 11.6. The van der Waals surface area contributed by atoms with Gasteiger partial charge in [-0.15, -0.1) is 0 Å². The van der Waals surface area contributed by atoms with Crippen LogP contribution in [0.25, 0.3) is 0 Å². The maximum Gasteiger partial charge on any atom is 0.176 e. The lowest BCUT2D eigenvalue weighted by molar-refractivity contribution is 0.0875. The van der Waals surface area contributed by atoms with Crippen LogP contribution in [0, 0.1) is 0 Å². The first-order chi connectivity index (χ1) is 6.36. The molecule has 2 rings (SSSR count). The maximum absolute atomic E-state index is 11.6. The molecule has 68 valence electrons. The third-order valence-electron chi connectivity index (χ3n) is 2.41. The summed E-state index contributed by atoms with van der Waals surface area (Å²) in [5, 5.41) is 0. The molecule has 0 N–H and O–H groups in total. The standard InChI is InChI=1S/C11H13NO/c13-11(9-12-7-4-8-12)10-5-2-1-3-6-10/h1-3,5-6H,4,7-9H2. The summed E-state index contributed by atoms with van der Waals surface area (Å²) in [5.41, 5.74) is 0.828. The average molecular weight is 175 g/mol. The Morgan fingerprint density at radius 1 is 1.23 bits per heavy atom. The van der Waals surface area contributed by atoms with E-state index >= 15 is 0 Å². The molecule has 0 atom stereocenters. The van der Waals surface area contributed by atoms with E-state index in [1.807, 2.05) is 30.3 Å². The predicted octanol–water partition coefficient (Wildman–Crippen LogP) is 1.57. The van der Waals surface area contributed by atoms with Gasteiger partial charge in [-0.25, -0.2) is 0 Å². The molecule has 0 unspecified atom stereocenters. The number of ketones is 1. The van der Waals surface area contributed by atoms with Crippen LogP contribution in [0.4, 0.5) is 0 Å². The first-order valence-electron chi connectivity index (χ1n) is 4.67. The van der Waals surface area contributed by atoms with E-state index in [9.17, 15) is 4.79 Å². The highest BCUT2D eigenvalue weighted by atomic mass is 16.1. The number of benzene rings is 1. The van der Waals surface area contributed by atoms with Gasteiger partial charge >= 0.3 is 0 Å². The molecule has 1 aliphatic heterocycles. The highest BCUT2D eigenvalue weighted by Gasteiger charge is 2.17. The monoisotopic (exact) mass is 175 g/mol. The van der Waals surface area contributed by atoms with Gasteiger partial charge in [0.25, 0.3) is 0 Å². The van der Waals surface area contributed by atoms with Crippen LogP contribution in [0.3, 0.4) is 0 Å². The number of Topliss-reactive ketones (excluding diaryl/α,β-unsaturated/α-hetero) is 1. The minimum absolute atomic E-state index is 0.236. The first-order valence-corrected chi connectivity index (χ1v) is 4.67. The van der Waals surface area contributed by atoms with Crippen LogP contribution in [0.5, 0.6) is 0 Å². The Morgan fingerprint density at radius 3 is 2.46 bits per heavy atom. The Kier molecular flexibility index (Phi) is 2.41. The van der Waals surface area contributed by atoms with Crippen LogP contribution in [-0.4, -0.2) is 30.3 Å². The Labute approximate surface area is 78.2 Å². The van der Waals surface area contributed by atoms with E-state index in [1.165, 1.54) is 6.42 Å². The van der Waals surface area contributed by atoms with E-state index in [1.54, 1.807) is 0 Å². The van der Waals surface area contributed by atoms with Gasteiger partial charge in [0.2, 0.25) is 0 Å². The fourth-order valence-corrected chi connectivity index (χ4v) is 1.46. The highest BCUT2D eigenvalue weighted by molar-refractivity contribution is 5.97. The molecule has 2 nitrogen and oxygen atoms in total. The summed E-state index contributed by atoms with van der Waals surface area (Å²) in [5.74, 6) is 0.236. The van der Waals surface area contributed by atoms with E-state index < -0.39 is 0 Å². The zero-order chi connectivity index (χ0) is 9.10. The minimum atomic E-state index is 0.236. The van der Waals surface area contributed by atoms with Gasteiger partial charge in [-0.3, -0.25) is 9.69 Å². The quantitative estimate of drug-likeness (QED) is 0.650. The normalized spacial score (nSPS) is 16.6. The van der Waals surface area contributed by atoms with Gasteiger partial charge in [-0.1, -0.05) is 30.3 Å². The van der Waals surface area contributed by atoms with Crippen molar-refractivity contribution in [1.29, 1.82) is 0 Å². The van der Waals surface area contributed by atoms with Crippen molar-refractivity contribution in [2.45, 2.75) is 6.42 Å². The fraction of sp³-hybridized carbons (Fsp3) is 0.364. The number of hydrogen-bond donors (Lipinski definition) is 0. The van der Waals surface area contributed by atoms with Gasteiger partial charge in [0.05, 0.1) is 6.54 Å². The van der Waals surface area contributed by atoms with Gasteiger partial charge in [0.15, 0.2) is 5.78 Å². The smallest absolute Gasteiger partial charge is 0.176 e. The Balaban J connectivity index is 1.97. The molecule has 0 radical (unpaired) electrons. The van der Waals surface area contributed by atoms with E-state index in [2.05, 4.69) is 4.90 Å². The summed E-state index contributed by atoms with van der Waals surface area (Å²) in [6.07, 6.45) is 1.24. The molecule has 1 fully saturated rings. The predicted molar refractivity (Wildman–Crippen MR) is 51.8 cm³/mol. The Bertz CT molecular complexity index is 290. The van der Waals surface area contributed by atoms with Crippen LogP contribution in [-0.2, 0) is 0 Å². The number of likely N-dealkylation sites (tertiary alicyclic amines) is 1. The number of carbonyl (C=O) groups excluding carboxylic acids is 1. The zero-order valence-electron chi connectivity index (χ0n) is 7.57. The third-order valence-corrected chi connectivity index (χ3v) is 2.41. The molecule has 0 aliphatic carbocycles. The molecule has 0 aromatic heterocycles. The second-order valence-electron chi connectivity index (χ2n) is 3.42. The van der Waals surface area contributed by atoms with Crippen molar-refractivity contribution in [3.8, 4) is 0 Å². The summed E-state index contributed by atoms with van der Waals surface area (Å²) in [6.45, 7) is 2.75. The number of rotatable bonds is 3. The lowest BCUT2D eigenvalue weighted by Crippen LogP contribution is -2.40. The second kappa shape index (κ2) is 3.71. The van der Waals surface area contributed by atoms with Gasteiger partial charge in [-0.2, -0.15) is 0 Å². The number of carbonyl (C=O) groups is 1. The van der Waals surface area contributed by atoms with Crippen LogP contribution in [0.1, 0.15) is 16.8 Å². The summed E-state index contributed by atoms with van der Waals surface area (Å²) < 4.78 is 0. The average Bonchev–Trinajstić information content (AvgIpc) is 2.12. The van der Waals surface area contributed by atoms with Crippen LogP contribution >= 0.6 is 0 Å². The summed E-state index contributed by atoms with van der Waals surface area (Å²) in [7, 11) is 0. The molecule has 13 heavy (non-hydrogen) atoms. The molecule has 1 heterocycles.